The molecule has 0 saturated carbocycles. The van der Waals surface area contributed by atoms with Crippen molar-refractivity contribution >= 4 is 21.6 Å². The second kappa shape index (κ2) is 5.43. The van der Waals surface area contributed by atoms with Gasteiger partial charge in [-0.1, -0.05) is 20.8 Å². The summed E-state index contributed by atoms with van der Waals surface area (Å²) < 4.78 is 1.53. The Hall–Kier alpha value is -1.20. The fourth-order valence-electron chi connectivity index (χ4n) is 2.09. The zero-order chi connectivity index (χ0) is 14.0. The third-order valence-corrected chi connectivity index (χ3v) is 4.89. The number of aliphatic hydroxyl groups is 1. The molecule has 0 aromatic carbocycles. The summed E-state index contributed by atoms with van der Waals surface area (Å²) >= 11 is 1.56. The highest BCUT2D eigenvalue weighted by molar-refractivity contribution is 7.18. The van der Waals surface area contributed by atoms with E-state index < -0.39 is 5.60 Å². The Bertz CT molecular complexity index is 626. The van der Waals surface area contributed by atoms with Crippen molar-refractivity contribution in [3.63, 3.8) is 0 Å². The van der Waals surface area contributed by atoms with E-state index in [9.17, 15) is 9.90 Å². The number of thiophene rings is 1. The van der Waals surface area contributed by atoms with Crippen molar-refractivity contribution in [3.8, 4) is 0 Å². The Kier molecular flexibility index (Phi) is 4.06. The Morgan fingerprint density at radius 1 is 1.37 bits per heavy atom. The molecule has 5 heteroatoms. The molecule has 0 unspecified atom stereocenters. The summed E-state index contributed by atoms with van der Waals surface area (Å²) in [5, 5.41) is 11.0. The highest BCUT2D eigenvalue weighted by Crippen LogP contribution is 2.22. The van der Waals surface area contributed by atoms with Crippen molar-refractivity contribution in [1.82, 2.24) is 9.55 Å². The van der Waals surface area contributed by atoms with Crippen LogP contribution in [0.15, 0.2) is 17.2 Å². The number of aryl methyl sites for hydroxylation is 1. The summed E-state index contributed by atoms with van der Waals surface area (Å²) in [7, 11) is 0. The lowest BCUT2D eigenvalue weighted by atomic mass is 9.97. The monoisotopic (exact) mass is 280 g/mol. The zero-order valence-electron chi connectivity index (χ0n) is 11.6. The van der Waals surface area contributed by atoms with Crippen molar-refractivity contribution in [1.29, 1.82) is 0 Å². The quantitative estimate of drug-likeness (QED) is 0.916. The van der Waals surface area contributed by atoms with Crippen LogP contribution in [0.1, 0.15) is 38.5 Å². The normalized spacial score (nSPS) is 12.2. The topological polar surface area (TPSA) is 55.1 Å². The van der Waals surface area contributed by atoms with Crippen LogP contribution in [0, 0.1) is 0 Å². The Morgan fingerprint density at radius 3 is 2.63 bits per heavy atom. The van der Waals surface area contributed by atoms with Gasteiger partial charge in [-0.15, -0.1) is 11.3 Å². The lowest BCUT2D eigenvalue weighted by molar-refractivity contribution is 0.0140. The van der Waals surface area contributed by atoms with Gasteiger partial charge in [0, 0.05) is 4.88 Å². The van der Waals surface area contributed by atoms with Crippen LogP contribution in [-0.4, -0.2) is 20.3 Å². The van der Waals surface area contributed by atoms with Crippen molar-refractivity contribution < 1.29 is 5.11 Å². The number of nitrogens with zero attached hydrogens (tertiary/aromatic N) is 2. The van der Waals surface area contributed by atoms with Crippen molar-refractivity contribution in [2.75, 3.05) is 0 Å². The molecule has 4 nitrogen and oxygen atoms in total. The SMILES string of the molecule is CCc1cc2c(=O)n(CC(O)(CC)CC)cnc2s1. The van der Waals surface area contributed by atoms with E-state index in [1.165, 1.54) is 9.44 Å². The van der Waals surface area contributed by atoms with Gasteiger partial charge in [-0.05, 0) is 25.3 Å². The summed E-state index contributed by atoms with van der Waals surface area (Å²) in [5.41, 5.74) is -0.885. The first-order chi connectivity index (χ1) is 9.03. The molecule has 0 aliphatic heterocycles. The zero-order valence-corrected chi connectivity index (χ0v) is 12.5. The lowest BCUT2D eigenvalue weighted by Crippen LogP contribution is -2.37. The van der Waals surface area contributed by atoms with Gasteiger partial charge in [0.15, 0.2) is 0 Å². The molecule has 1 N–H and O–H groups in total. The third-order valence-electron chi connectivity index (χ3n) is 3.70. The van der Waals surface area contributed by atoms with E-state index >= 15 is 0 Å². The van der Waals surface area contributed by atoms with Crippen molar-refractivity contribution in [3.05, 3.63) is 27.6 Å². The van der Waals surface area contributed by atoms with E-state index in [1.54, 1.807) is 17.7 Å². The molecule has 0 amide bonds. The maximum Gasteiger partial charge on any atom is 0.262 e. The first kappa shape index (κ1) is 14.2. The van der Waals surface area contributed by atoms with Gasteiger partial charge in [0.25, 0.3) is 5.56 Å². The van der Waals surface area contributed by atoms with Gasteiger partial charge in [0.05, 0.1) is 23.9 Å². The molecular weight excluding hydrogens is 260 g/mol. The van der Waals surface area contributed by atoms with Gasteiger partial charge in [-0.3, -0.25) is 9.36 Å². The molecular formula is C14H20N2O2S. The molecule has 0 bridgehead atoms. The summed E-state index contributed by atoms with van der Waals surface area (Å²) in [6.07, 6.45) is 3.71. The van der Waals surface area contributed by atoms with Crippen molar-refractivity contribution in [2.45, 2.75) is 52.2 Å². The predicted molar refractivity (Wildman–Crippen MR) is 78.8 cm³/mol. The maximum atomic E-state index is 12.4. The first-order valence-corrected chi connectivity index (χ1v) is 7.55. The van der Waals surface area contributed by atoms with Gasteiger partial charge in [-0.25, -0.2) is 4.98 Å². The van der Waals surface area contributed by atoms with Crippen LogP contribution in [0.4, 0.5) is 0 Å². The Balaban J connectivity index is 2.45. The van der Waals surface area contributed by atoms with Crippen LogP contribution >= 0.6 is 11.3 Å². The minimum absolute atomic E-state index is 0.0544. The molecule has 0 fully saturated rings. The summed E-state index contributed by atoms with van der Waals surface area (Å²) in [6.45, 7) is 6.23. The number of fused-ring (bicyclic) bond motifs is 1. The van der Waals surface area contributed by atoms with Gasteiger partial charge >= 0.3 is 0 Å². The van der Waals surface area contributed by atoms with Crippen LogP contribution in [-0.2, 0) is 13.0 Å². The molecule has 2 heterocycles. The van der Waals surface area contributed by atoms with E-state index in [0.29, 0.717) is 24.8 Å². The van der Waals surface area contributed by atoms with Crippen LogP contribution in [0.5, 0.6) is 0 Å². The van der Waals surface area contributed by atoms with E-state index in [4.69, 9.17) is 0 Å². The number of hydrogen-bond acceptors (Lipinski definition) is 4. The first-order valence-electron chi connectivity index (χ1n) is 6.73. The molecule has 0 atom stereocenters. The minimum atomic E-state index is -0.831. The van der Waals surface area contributed by atoms with Gasteiger partial charge in [0.1, 0.15) is 4.83 Å². The average Bonchev–Trinajstić information content (AvgIpc) is 2.86. The Morgan fingerprint density at radius 2 is 2.05 bits per heavy atom. The molecule has 0 aliphatic rings. The Labute approximate surface area is 116 Å². The summed E-state index contributed by atoms with van der Waals surface area (Å²) in [4.78, 5) is 18.7. The van der Waals surface area contributed by atoms with Crippen LogP contribution < -0.4 is 5.56 Å². The van der Waals surface area contributed by atoms with Gasteiger partial charge in [0.2, 0.25) is 0 Å². The van der Waals surface area contributed by atoms with Crippen LogP contribution in [0.25, 0.3) is 10.2 Å². The summed E-state index contributed by atoms with van der Waals surface area (Å²) in [6, 6.07) is 1.92. The molecule has 0 saturated heterocycles. The molecule has 104 valence electrons. The number of hydrogen-bond donors (Lipinski definition) is 1. The fourth-order valence-corrected chi connectivity index (χ4v) is 3.01. The third kappa shape index (κ3) is 2.72. The van der Waals surface area contributed by atoms with Gasteiger partial charge < -0.3 is 5.11 Å². The second-order valence-electron chi connectivity index (χ2n) is 4.89. The molecule has 0 spiro atoms. The standard InChI is InChI=1S/C14H20N2O2S/c1-4-10-7-11-12(19-10)15-9-16(13(11)17)8-14(18,5-2)6-3/h7,9,18H,4-6,8H2,1-3H3. The van der Waals surface area contributed by atoms with Crippen LogP contribution in [0.2, 0.25) is 0 Å². The molecule has 0 radical (unpaired) electrons. The second-order valence-corrected chi connectivity index (χ2v) is 6.01. The number of rotatable bonds is 5. The van der Waals surface area contributed by atoms with Crippen molar-refractivity contribution in [2.24, 2.45) is 0 Å². The molecule has 2 aromatic rings. The maximum absolute atomic E-state index is 12.4. The van der Waals surface area contributed by atoms with E-state index in [1.807, 2.05) is 19.9 Å². The highest BCUT2D eigenvalue weighted by atomic mass is 32.1. The molecule has 19 heavy (non-hydrogen) atoms. The van der Waals surface area contributed by atoms with E-state index in [2.05, 4.69) is 11.9 Å². The van der Waals surface area contributed by atoms with E-state index in [-0.39, 0.29) is 5.56 Å². The highest BCUT2D eigenvalue weighted by Gasteiger charge is 2.23. The average molecular weight is 280 g/mol. The molecule has 2 aromatic heterocycles. The largest absolute Gasteiger partial charge is 0.388 e. The van der Waals surface area contributed by atoms with E-state index in [0.717, 1.165) is 11.3 Å². The minimum Gasteiger partial charge on any atom is -0.388 e. The molecule has 0 aliphatic carbocycles. The van der Waals surface area contributed by atoms with Gasteiger partial charge in [-0.2, -0.15) is 0 Å². The number of aromatic nitrogens is 2. The lowest BCUT2D eigenvalue weighted by Gasteiger charge is -2.25. The smallest absolute Gasteiger partial charge is 0.262 e. The predicted octanol–water partition coefficient (Wildman–Crippen LogP) is 2.57. The fraction of sp³-hybridized carbons (Fsp3) is 0.571. The molecule has 2 rings (SSSR count). The van der Waals surface area contributed by atoms with Crippen LogP contribution in [0.3, 0.4) is 0 Å². The summed E-state index contributed by atoms with van der Waals surface area (Å²) in [5.74, 6) is 0.